The van der Waals surface area contributed by atoms with Gasteiger partial charge in [-0.2, -0.15) is 0 Å². The van der Waals surface area contributed by atoms with Crippen molar-refractivity contribution in [3.8, 4) is 0 Å². The monoisotopic (exact) mass is 403 g/mol. The molecule has 8 nitrogen and oxygen atoms in total. The van der Waals surface area contributed by atoms with Crippen molar-refractivity contribution in [2.24, 2.45) is 4.99 Å². The molecule has 148 valence electrons. The maximum absolute atomic E-state index is 13.3. The average Bonchev–Trinajstić information content (AvgIpc) is 3.18. The SMILES string of the molecule is COCCN1C(C)=CN2C1=NC1C2C(=O)N(Cc2ccc(Cl)cc2)C(=O)N1C. The van der Waals surface area contributed by atoms with Crippen LogP contribution < -0.4 is 0 Å². The summed E-state index contributed by atoms with van der Waals surface area (Å²) in [7, 11) is 3.33. The lowest BCUT2D eigenvalue weighted by Gasteiger charge is -2.40. The second-order valence-corrected chi connectivity index (χ2v) is 7.49. The Kier molecular flexibility index (Phi) is 4.76. The zero-order chi connectivity index (χ0) is 20.0. The fraction of sp³-hybridized carbons (Fsp3) is 0.421. The predicted octanol–water partition coefficient (Wildman–Crippen LogP) is 1.92. The number of amides is 3. The van der Waals surface area contributed by atoms with Gasteiger partial charge < -0.3 is 19.4 Å². The van der Waals surface area contributed by atoms with E-state index in [1.54, 1.807) is 26.3 Å². The molecule has 1 aromatic carbocycles. The number of guanidine groups is 1. The molecular weight excluding hydrogens is 382 g/mol. The van der Waals surface area contributed by atoms with Gasteiger partial charge in [0, 0.05) is 37.6 Å². The lowest BCUT2D eigenvalue weighted by molar-refractivity contribution is -0.137. The molecule has 0 aromatic heterocycles. The van der Waals surface area contributed by atoms with Crippen molar-refractivity contribution >= 4 is 29.5 Å². The zero-order valence-corrected chi connectivity index (χ0v) is 16.8. The summed E-state index contributed by atoms with van der Waals surface area (Å²) in [4.78, 5) is 37.5. The van der Waals surface area contributed by atoms with Crippen molar-refractivity contribution < 1.29 is 14.3 Å². The van der Waals surface area contributed by atoms with Crippen LogP contribution in [-0.4, -0.2) is 77.0 Å². The number of fused-ring (bicyclic) bond motifs is 3. The van der Waals surface area contributed by atoms with E-state index >= 15 is 0 Å². The van der Waals surface area contributed by atoms with Crippen LogP contribution in [0.2, 0.25) is 5.02 Å². The lowest BCUT2D eigenvalue weighted by atomic mass is 10.1. The normalized spacial score (nSPS) is 23.9. The van der Waals surface area contributed by atoms with Crippen LogP contribution in [0.1, 0.15) is 12.5 Å². The highest BCUT2D eigenvalue weighted by atomic mass is 35.5. The van der Waals surface area contributed by atoms with Gasteiger partial charge in [0.15, 0.2) is 12.2 Å². The summed E-state index contributed by atoms with van der Waals surface area (Å²) in [5, 5.41) is 0.611. The molecule has 3 aliphatic heterocycles. The predicted molar refractivity (Wildman–Crippen MR) is 104 cm³/mol. The van der Waals surface area contributed by atoms with Gasteiger partial charge in [-0.25, -0.2) is 9.79 Å². The highest BCUT2D eigenvalue weighted by Gasteiger charge is 2.54. The molecule has 9 heteroatoms. The van der Waals surface area contributed by atoms with Crippen molar-refractivity contribution in [2.75, 3.05) is 27.3 Å². The van der Waals surface area contributed by atoms with E-state index in [2.05, 4.69) is 0 Å². The summed E-state index contributed by atoms with van der Waals surface area (Å²) in [6, 6.07) is 6.22. The molecule has 2 unspecified atom stereocenters. The van der Waals surface area contributed by atoms with Gasteiger partial charge in [0.05, 0.1) is 13.2 Å². The molecule has 3 amide bonds. The van der Waals surface area contributed by atoms with Crippen molar-refractivity contribution in [1.82, 2.24) is 19.6 Å². The summed E-state index contributed by atoms with van der Waals surface area (Å²) < 4.78 is 5.18. The molecule has 0 saturated carbocycles. The first-order valence-corrected chi connectivity index (χ1v) is 9.44. The van der Waals surface area contributed by atoms with Crippen LogP contribution >= 0.6 is 11.6 Å². The highest BCUT2D eigenvalue weighted by molar-refractivity contribution is 6.30. The fourth-order valence-electron chi connectivity index (χ4n) is 3.78. The third-order valence-corrected chi connectivity index (χ3v) is 5.53. The first-order valence-electron chi connectivity index (χ1n) is 9.06. The van der Waals surface area contributed by atoms with E-state index in [4.69, 9.17) is 21.3 Å². The quantitative estimate of drug-likeness (QED) is 0.751. The van der Waals surface area contributed by atoms with Gasteiger partial charge in [0.1, 0.15) is 0 Å². The minimum absolute atomic E-state index is 0.196. The topological polar surface area (TPSA) is 68.7 Å². The molecule has 0 bridgehead atoms. The molecule has 1 saturated heterocycles. The number of methoxy groups -OCH3 is 1. The van der Waals surface area contributed by atoms with Crippen molar-refractivity contribution in [2.45, 2.75) is 25.7 Å². The van der Waals surface area contributed by atoms with Gasteiger partial charge in [-0.05, 0) is 24.6 Å². The number of benzene rings is 1. The largest absolute Gasteiger partial charge is 0.383 e. The van der Waals surface area contributed by atoms with Crippen LogP contribution in [0.15, 0.2) is 41.2 Å². The summed E-state index contributed by atoms with van der Waals surface area (Å²) in [6.45, 7) is 3.34. The van der Waals surface area contributed by atoms with Crippen LogP contribution in [-0.2, 0) is 16.1 Å². The molecule has 0 aliphatic carbocycles. The summed E-state index contributed by atoms with van der Waals surface area (Å²) in [5.74, 6) is 0.435. The van der Waals surface area contributed by atoms with E-state index in [0.29, 0.717) is 24.1 Å². The summed E-state index contributed by atoms with van der Waals surface area (Å²) in [6.07, 6.45) is 1.38. The number of nitrogens with zero attached hydrogens (tertiary/aromatic N) is 5. The maximum atomic E-state index is 13.3. The van der Waals surface area contributed by atoms with E-state index in [0.717, 1.165) is 11.3 Å². The van der Waals surface area contributed by atoms with E-state index in [1.165, 1.54) is 9.80 Å². The number of likely N-dealkylation sites (N-methyl/N-ethyl adjacent to an activating group) is 1. The third-order valence-electron chi connectivity index (χ3n) is 5.28. The third kappa shape index (κ3) is 2.93. The van der Waals surface area contributed by atoms with Gasteiger partial charge in [0.25, 0.3) is 5.91 Å². The molecule has 0 N–H and O–H groups in total. The van der Waals surface area contributed by atoms with Gasteiger partial charge in [0.2, 0.25) is 5.96 Å². The Morgan fingerprint density at radius 3 is 2.57 bits per heavy atom. The minimum Gasteiger partial charge on any atom is -0.383 e. The van der Waals surface area contributed by atoms with Crippen LogP contribution in [0.3, 0.4) is 0 Å². The number of urea groups is 1. The summed E-state index contributed by atoms with van der Waals surface area (Å²) in [5.41, 5.74) is 1.83. The van der Waals surface area contributed by atoms with Crippen LogP contribution in [0.5, 0.6) is 0 Å². The second kappa shape index (κ2) is 7.10. The van der Waals surface area contributed by atoms with Crippen molar-refractivity contribution in [3.63, 3.8) is 0 Å². The van der Waals surface area contributed by atoms with Gasteiger partial charge in [-0.15, -0.1) is 0 Å². The molecule has 0 radical (unpaired) electrons. The number of carbonyl (C=O) groups is 2. The average molecular weight is 404 g/mol. The Morgan fingerprint density at radius 1 is 1.18 bits per heavy atom. The molecule has 0 spiro atoms. The number of halogens is 1. The van der Waals surface area contributed by atoms with Crippen LogP contribution in [0.25, 0.3) is 0 Å². The smallest absolute Gasteiger partial charge is 0.328 e. The van der Waals surface area contributed by atoms with E-state index in [-0.39, 0.29) is 18.5 Å². The molecule has 3 heterocycles. The number of ether oxygens (including phenoxy) is 1. The molecular formula is C19H22ClN5O3. The Hall–Kier alpha value is -2.58. The lowest BCUT2D eigenvalue weighted by Crippen LogP contribution is -2.63. The Balaban J connectivity index is 1.60. The van der Waals surface area contributed by atoms with Gasteiger partial charge >= 0.3 is 6.03 Å². The molecule has 1 aromatic rings. The maximum Gasteiger partial charge on any atom is 0.328 e. The van der Waals surface area contributed by atoms with Crippen molar-refractivity contribution in [1.29, 1.82) is 0 Å². The first-order chi connectivity index (χ1) is 13.4. The standard InChI is InChI=1S/C19H22ClN5O3/c1-12-10-24-15-16(21-18(24)23(12)8-9-28-3)22(2)19(27)25(17(15)26)11-13-4-6-14(20)7-5-13/h4-7,10,15-16H,8-9,11H2,1-3H3. The van der Waals surface area contributed by atoms with E-state index < -0.39 is 12.2 Å². The number of rotatable bonds is 5. The second-order valence-electron chi connectivity index (χ2n) is 7.05. The number of aliphatic imine (C=N–C) groups is 1. The number of imide groups is 1. The highest BCUT2D eigenvalue weighted by Crippen LogP contribution is 2.34. The molecule has 2 atom stereocenters. The van der Waals surface area contributed by atoms with E-state index in [1.807, 2.05) is 35.1 Å². The molecule has 1 fully saturated rings. The van der Waals surface area contributed by atoms with Crippen LogP contribution in [0.4, 0.5) is 4.79 Å². The number of hydrogen-bond donors (Lipinski definition) is 0. The Bertz CT molecular complexity index is 869. The Morgan fingerprint density at radius 2 is 1.89 bits per heavy atom. The summed E-state index contributed by atoms with van der Waals surface area (Å²) >= 11 is 5.93. The van der Waals surface area contributed by atoms with Gasteiger partial charge in [-0.1, -0.05) is 23.7 Å². The Labute approximate surface area is 168 Å². The minimum atomic E-state index is -0.563. The molecule has 3 aliphatic rings. The first kappa shape index (κ1) is 18.8. The molecule has 28 heavy (non-hydrogen) atoms. The van der Waals surface area contributed by atoms with Gasteiger partial charge in [-0.3, -0.25) is 9.69 Å². The number of allylic oxidation sites excluding steroid dienone is 1. The number of carbonyl (C=O) groups excluding carboxylic acids is 2. The van der Waals surface area contributed by atoms with E-state index in [9.17, 15) is 9.59 Å². The van der Waals surface area contributed by atoms with Crippen LogP contribution in [0, 0.1) is 0 Å². The zero-order valence-electron chi connectivity index (χ0n) is 16.0. The fourth-order valence-corrected chi connectivity index (χ4v) is 3.90. The van der Waals surface area contributed by atoms with Crippen molar-refractivity contribution in [3.05, 3.63) is 46.7 Å². The molecule has 4 rings (SSSR count). The number of hydrogen-bond acceptors (Lipinski definition) is 6.